The van der Waals surface area contributed by atoms with Crippen LogP contribution in [0.2, 0.25) is 0 Å². The van der Waals surface area contributed by atoms with Crippen LogP contribution in [0.3, 0.4) is 0 Å². The smallest absolute Gasteiger partial charge is 0.276 e. The molecule has 1 aliphatic rings. The van der Waals surface area contributed by atoms with Crippen molar-refractivity contribution in [2.75, 3.05) is 26.2 Å². The third-order valence-corrected chi connectivity index (χ3v) is 5.72. The summed E-state index contributed by atoms with van der Waals surface area (Å²) in [5.74, 6) is -0.0361. The molecule has 3 aromatic rings. The Hall–Kier alpha value is -2.58. The van der Waals surface area contributed by atoms with Gasteiger partial charge in [0.2, 0.25) is 0 Å². The van der Waals surface area contributed by atoms with Gasteiger partial charge in [-0.1, -0.05) is 18.2 Å². The van der Waals surface area contributed by atoms with Crippen LogP contribution in [0.5, 0.6) is 0 Å². The first kappa shape index (κ1) is 18.8. The van der Waals surface area contributed by atoms with Crippen LogP contribution < -0.4 is 0 Å². The lowest BCUT2D eigenvalue weighted by Crippen LogP contribution is -2.35. The van der Waals surface area contributed by atoms with E-state index in [1.54, 1.807) is 11.3 Å². The molecular weight excluding hydrogens is 372 g/mol. The number of aryl methyl sites for hydroxylation is 2. The lowest BCUT2D eigenvalue weighted by atomic mass is 10.3. The maximum atomic E-state index is 13.1. The average molecular weight is 397 g/mol. The minimum absolute atomic E-state index is 0.0361. The fraction of sp³-hybridized carbons (Fsp3) is 0.400. The number of carbonyl (C=O) groups is 1. The van der Waals surface area contributed by atoms with E-state index in [9.17, 15) is 4.79 Å². The first-order valence-corrected chi connectivity index (χ1v) is 10.4. The summed E-state index contributed by atoms with van der Waals surface area (Å²) in [6.45, 7) is 7.96. The van der Waals surface area contributed by atoms with Gasteiger partial charge in [-0.2, -0.15) is 9.90 Å². The molecule has 1 amide bonds. The van der Waals surface area contributed by atoms with Gasteiger partial charge in [-0.15, -0.1) is 16.4 Å². The van der Waals surface area contributed by atoms with Crippen molar-refractivity contribution in [3.63, 3.8) is 0 Å². The highest BCUT2D eigenvalue weighted by molar-refractivity contribution is 7.09. The van der Waals surface area contributed by atoms with E-state index in [4.69, 9.17) is 0 Å². The van der Waals surface area contributed by atoms with Gasteiger partial charge in [0, 0.05) is 38.1 Å². The molecule has 0 atom stereocenters. The topological polar surface area (TPSA) is 67.2 Å². The molecular formula is C20H24N6OS. The van der Waals surface area contributed by atoms with Crippen LogP contribution in [0.1, 0.15) is 33.3 Å². The normalized spacial score (nSPS) is 15.6. The van der Waals surface area contributed by atoms with Crippen molar-refractivity contribution in [2.45, 2.75) is 26.8 Å². The van der Waals surface area contributed by atoms with E-state index in [0.29, 0.717) is 17.9 Å². The number of hydrogen-bond acceptors (Lipinski definition) is 6. The molecule has 0 aliphatic carbocycles. The Labute approximate surface area is 168 Å². The second-order valence-electron chi connectivity index (χ2n) is 7.04. The number of para-hydroxylation sites is 1. The van der Waals surface area contributed by atoms with E-state index >= 15 is 0 Å². The number of benzene rings is 1. The molecule has 28 heavy (non-hydrogen) atoms. The highest BCUT2D eigenvalue weighted by atomic mass is 32.1. The van der Waals surface area contributed by atoms with Crippen LogP contribution in [0.15, 0.2) is 35.7 Å². The zero-order valence-electron chi connectivity index (χ0n) is 16.2. The van der Waals surface area contributed by atoms with Crippen molar-refractivity contribution in [2.24, 2.45) is 0 Å². The minimum atomic E-state index is -0.0361. The van der Waals surface area contributed by atoms with Crippen LogP contribution in [0.4, 0.5) is 0 Å². The Balaban J connectivity index is 1.43. The van der Waals surface area contributed by atoms with Crippen molar-refractivity contribution >= 4 is 17.2 Å². The van der Waals surface area contributed by atoms with E-state index in [-0.39, 0.29) is 5.91 Å². The molecule has 0 bridgehead atoms. The SMILES string of the molecule is Cc1nc(CN2CCCN(C(=O)c3nn(-c4ccccc4)nc3C)CC2)cs1. The quantitative estimate of drug-likeness (QED) is 0.678. The first-order valence-electron chi connectivity index (χ1n) is 9.52. The predicted molar refractivity (Wildman–Crippen MR) is 109 cm³/mol. The molecule has 8 heteroatoms. The highest BCUT2D eigenvalue weighted by Gasteiger charge is 2.25. The lowest BCUT2D eigenvalue weighted by Gasteiger charge is -2.21. The number of rotatable bonds is 4. The Bertz CT molecular complexity index is 951. The summed E-state index contributed by atoms with van der Waals surface area (Å²) in [5.41, 5.74) is 3.06. The number of amides is 1. The van der Waals surface area contributed by atoms with Crippen LogP contribution in [0, 0.1) is 13.8 Å². The monoisotopic (exact) mass is 396 g/mol. The van der Waals surface area contributed by atoms with Gasteiger partial charge in [-0.3, -0.25) is 9.69 Å². The van der Waals surface area contributed by atoms with Crippen molar-refractivity contribution in [3.05, 3.63) is 57.8 Å². The van der Waals surface area contributed by atoms with Crippen LogP contribution in [-0.4, -0.2) is 61.9 Å². The van der Waals surface area contributed by atoms with Gasteiger partial charge in [-0.25, -0.2) is 4.98 Å². The zero-order chi connectivity index (χ0) is 19.5. The fourth-order valence-electron chi connectivity index (χ4n) is 3.45. The van der Waals surface area contributed by atoms with Gasteiger partial charge in [0.15, 0.2) is 5.69 Å². The third-order valence-electron chi connectivity index (χ3n) is 4.90. The molecule has 7 nitrogen and oxygen atoms in total. The summed E-state index contributed by atoms with van der Waals surface area (Å²) in [6.07, 6.45) is 0.945. The van der Waals surface area contributed by atoms with Crippen LogP contribution in [0.25, 0.3) is 5.69 Å². The molecule has 0 saturated carbocycles. The van der Waals surface area contributed by atoms with Crippen LogP contribution in [-0.2, 0) is 6.54 Å². The van der Waals surface area contributed by atoms with E-state index < -0.39 is 0 Å². The summed E-state index contributed by atoms with van der Waals surface area (Å²) in [5, 5.41) is 12.1. The molecule has 1 aliphatic heterocycles. The molecule has 4 rings (SSSR count). The van der Waals surface area contributed by atoms with Gasteiger partial charge < -0.3 is 4.90 Å². The number of carbonyl (C=O) groups excluding carboxylic acids is 1. The van der Waals surface area contributed by atoms with E-state index in [0.717, 1.165) is 49.0 Å². The predicted octanol–water partition coefficient (Wildman–Crippen LogP) is 2.69. The molecule has 1 saturated heterocycles. The molecule has 146 valence electrons. The zero-order valence-corrected chi connectivity index (χ0v) is 17.0. The largest absolute Gasteiger partial charge is 0.336 e. The van der Waals surface area contributed by atoms with Gasteiger partial charge in [0.1, 0.15) is 0 Å². The maximum Gasteiger partial charge on any atom is 0.276 e. The van der Waals surface area contributed by atoms with E-state index in [1.807, 2.05) is 49.1 Å². The van der Waals surface area contributed by atoms with Crippen molar-refractivity contribution < 1.29 is 4.79 Å². The number of aromatic nitrogens is 4. The summed E-state index contributed by atoms with van der Waals surface area (Å²) in [4.78, 5) is 23.4. The standard InChI is InChI=1S/C20H24N6OS/c1-15-19(23-26(22-15)18-7-4-3-5-8-18)20(27)25-10-6-9-24(11-12-25)13-17-14-28-16(2)21-17/h3-5,7-8,14H,6,9-13H2,1-2H3. The molecule has 0 spiro atoms. The Kier molecular flexibility index (Phi) is 5.50. The lowest BCUT2D eigenvalue weighted by molar-refractivity contribution is 0.0754. The van der Waals surface area contributed by atoms with Crippen molar-refractivity contribution in [1.82, 2.24) is 29.8 Å². The van der Waals surface area contributed by atoms with Gasteiger partial charge in [0.25, 0.3) is 5.91 Å². The number of hydrogen-bond donors (Lipinski definition) is 0. The van der Waals surface area contributed by atoms with Gasteiger partial charge in [0.05, 0.1) is 22.1 Å². The summed E-state index contributed by atoms with van der Waals surface area (Å²) in [6, 6.07) is 9.67. The first-order chi connectivity index (χ1) is 13.6. The average Bonchev–Trinajstić information content (AvgIpc) is 3.21. The van der Waals surface area contributed by atoms with Crippen molar-refractivity contribution in [3.8, 4) is 5.69 Å². The summed E-state index contributed by atoms with van der Waals surface area (Å²) in [7, 11) is 0. The third kappa shape index (κ3) is 4.13. The Morgan fingerprint density at radius 3 is 2.64 bits per heavy atom. The summed E-state index contributed by atoms with van der Waals surface area (Å²) < 4.78 is 0. The van der Waals surface area contributed by atoms with E-state index in [1.165, 1.54) is 4.80 Å². The molecule has 1 aromatic carbocycles. The maximum absolute atomic E-state index is 13.1. The van der Waals surface area contributed by atoms with E-state index in [2.05, 4.69) is 25.5 Å². The molecule has 1 fully saturated rings. The molecule has 0 N–H and O–H groups in total. The molecule has 0 unspecified atom stereocenters. The summed E-state index contributed by atoms with van der Waals surface area (Å²) >= 11 is 1.68. The molecule has 3 heterocycles. The van der Waals surface area contributed by atoms with Gasteiger partial charge in [-0.05, 0) is 32.4 Å². The Morgan fingerprint density at radius 1 is 1.07 bits per heavy atom. The molecule has 0 radical (unpaired) electrons. The minimum Gasteiger partial charge on any atom is -0.336 e. The number of nitrogens with zero attached hydrogens (tertiary/aromatic N) is 6. The molecule has 2 aromatic heterocycles. The second-order valence-corrected chi connectivity index (χ2v) is 8.10. The second kappa shape index (κ2) is 8.20. The Morgan fingerprint density at radius 2 is 1.89 bits per heavy atom. The number of thiazole rings is 1. The van der Waals surface area contributed by atoms with Crippen LogP contribution >= 0.6 is 11.3 Å². The van der Waals surface area contributed by atoms with Gasteiger partial charge >= 0.3 is 0 Å². The van der Waals surface area contributed by atoms with Crippen molar-refractivity contribution in [1.29, 1.82) is 0 Å². The highest BCUT2D eigenvalue weighted by Crippen LogP contribution is 2.15. The fourth-order valence-corrected chi connectivity index (χ4v) is 4.05.